The lowest BCUT2D eigenvalue weighted by Crippen LogP contribution is -2.28. The van der Waals surface area contributed by atoms with Gasteiger partial charge in [0.25, 0.3) is 5.56 Å². The van der Waals surface area contributed by atoms with E-state index in [0.29, 0.717) is 6.42 Å². The Hall–Kier alpha value is -2.57. The molecule has 0 amide bonds. The van der Waals surface area contributed by atoms with Crippen LogP contribution in [-0.2, 0) is 13.8 Å². The van der Waals surface area contributed by atoms with Crippen molar-refractivity contribution in [1.29, 1.82) is 0 Å². The molecule has 5 N–H and O–H groups in total. The first kappa shape index (κ1) is 20.7. The van der Waals surface area contributed by atoms with Crippen LogP contribution in [0.3, 0.4) is 0 Å². The number of nitrogens with zero attached hydrogens (tertiary/aromatic N) is 5. The molecule has 4 rings (SSSR count). The predicted molar refractivity (Wildman–Crippen MR) is 104 cm³/mol. The monoisotopic (exact) mass is 439 g/mol. The highest BCUT2D eigenvalue weighted by Crippen LogP contribution is 2.45. The fourth-order valence-corrected chi connectivity index (χ4v) is 4.54. The molecule has 0 spiro atoms. The number of aromatic amines is 1. The van der Waals surface area contributed by atoms with Crippen LogP contribution in [-0.4, -0.2) is 57.7 Å². The van der Waals surface area contributed by atoms with Crippen LogP contribution in [0.5, 0.6) is 0 Å². The SMILES string of the molecule is CCC[C@H]1[C@@H](O)[C@H](n2cnc3c(=O)[nH]c(N)nc32)O[C@@H]1COP(=O)(O)n1ccnc1. The van der Waals surface area contributed by atoms with Crippen molar-refractivity contribution in [3.05, 3.63) is 35.4 Å². The summed E-state index contributed by atoms with van der Waals surface area (Å²) in [5, 5.41) is 10.9. The summed E-state index contributed by atoms with van der Waals surface area (Å²) in [7, 11) is -4.15. The van der Waals surface area contributed by atoms with E-state index in [1.165, 1.54) is 29.6 Å². The average Bonchev–Trinajstić information content (AvgIpc) is 3.41. The second-order valence-corrected chi connectivity index (χ2v) is 8.71. The van der Waals surface area contributed by atoms with Crippen molar-refractivity contribution in [2.45, 2.75) is 38.2 Å². The molecule has 0 aliphatic carbocycles. The third kappa shape index (κ3) is 3.66. The number of nitrogen functional groups attached to an aromatic ring is 1. The Balaban J connectivity index is 1.60. The minimum absolute atomic E-state index is 0.0618. The largest absolute Gasteiger partial charge is 0.437 e. The van der Waals surface area contributed by atoms with E-state index in [9.17, 15) is 19.4 Å². The van der Waals surface area contributed by atoms with Gasteiger partial charge in [-0.3, -0.25) is 18.9 Å². The van der Waals surface area contributed by atoms with Crippen molar-refractivity contribution in [2.24, 2.45) is 5.92 Å². The zero-order valence-corrected chi connectivity index (χ0v) is 16.9. The molecule has 0 bridgehead atoms. The van der Waals surface area contributed by atoms with Crippen LogP contribution in [0.1, 0.15) is 26.0 Å². The number of hydrogen-bond donors (Lipinski definition) is 4. The normalized spacial score (nSPS) is 26.2. The second kappa shape index (κ2) is 7.93. The number of aromatic nitrogens is 6. The lowest BCUT2D eigenvalue weighted by Gasteiger charge is -2.20. The molecule has 0 radical (unpaired) electrons. The summed E-state index contributed by atoms with van der Waals surface area (Å²) in [6.45, 7) is 1.72. The molecule has 0 saturated carbocycles. The van der Waals surface area contributed by atoms with Gasteiger partial charge in [-0.25, -0.2) is 18.9 Å². The van der Waals surface area contributed by atoms with Gasteiger partial charge in [-0.2, -0.15) is 4.98 Å². The zero-order valence-electron chi connectivity index (χ0n) is 16.0. The Morgan fingerprint density at radius 3 is 2.93 bits per heavy atom. The van der Waals surface area contributed by atoms with Crippen LogP contribution in [0, 0.1) is 5.92 Å². The summed E-state index contributed by atoms with van der Waals surface area (Å²) in [5.41, 5.74) is 5.36. The van der Waals surface area contributed by atoms with Crippen molar-refractivity contribution >= 4 is 24.9 Å². The van der Waals surface area contributed by atoms with Crippen LogP contribution in [0.15, 0.2) is 29.8 Å². The first-order chi connectivity index (χ1) is 14.3. The molecule has 1 aliphatic heterocycles. The number of aliphatic hydroxyl groups excluding tert-OH is 1. The van der Waals surface area contributed by atoms with Gasteiger partial charge in [0.1, 0.15) is 12.4 Å². The van der Waals surface area contributed by atoms with Gasteiger partial charge in [0, 0.05) is 18.3 Å². The molecule has 1 fully saturated rings. The third-order valence-corrected chi connectivity index (χ3v) is 6.36. The van der Waals surface area contributed by atoms with Crippen molar-refractivity contribution in [3.63, 3.8) is 0 Å². The molecule has 1 unspecified atom stereocenters. The summed E-state index contributed by atoms with van der Waals surface area (Å²) in [5.74, 6) is -0.465. The Labute approximate surface area is 170 Å². The number of fused-ring (bicyclic) bond motifs is 1. The molecule has 1 saturated heterocycles. The molecule has 13 nitrogen and oxygen atoms in total. The molecule has 30 heavy (non-hydrogen) atoms. The Bertz CT molecular complexity index is 1130. The lowest BCUT2D eigenvalue weighted by molar-refractivity contribution is -0.0473. The van der Waals surface area contributed by atoms with Gasteiger partial charge in [0.05, 0.1) is 19.0 Å². The Kier molecular flexibility index (Phi) is 5.47. The first-order valence-corrected chi connectivity index (χ1v) is 10.9. The van der Waals surface area contributed by atoms with Crippen molar-refractivity contribution in [3.8, 4) is 0 Å². The van der Waals surface area contributed by atoms with Gasteiger partial charge in [-0.15, -0.1) is 0 Å². The number of hydrogen-bond acceptors (Lipinski definition) is 9. The molecule has 0 aromatic carbocycles. The molecule has 1 aliphatic rings. The van der Waals surface area contributed by atoms with E-state index in [1.807, 2.05) is 6.92 Å². The maximum Gasteiger partial charge on any atom is 0.437 e. The highest BCUT2D eigenvalue weighted by Gasteiger charge is 2.45. The van der Waals surface area contributed by atoms with Gasteiger partial charge in [0.2, 0.25) is 5.95 Å². The molecular weight excluding hydrogens is 417 g/mol. The quantitative estimate of drug-likeness (QED) is 0.372. The molecule has 162 valence electrons. The highest BCUT2D eigenvalue weighted by atomic mass is 31.2. The topological polar surface area (TPSA) is 183 Å². The average molecular weight is 439 g/mol. The number of nitrogens with two attached hydrogens (primary N) is 1. The van der Waals surface area contributed by atoms with Gasteiger partial charge >= 0.3 is 7.75 Å². The predicted octanol–water partition coefficient (Wildman–Crippen LogP) is 0.238. The zero-order chi connectivity index (χ0) is 21.5. The Morgan fingerprint density at radius 1 is 1.43 bits per heavy atom. The number of imidazole rings is 2. The van der Waals surface area contributed by atoms with E-state index in [0.717, 1.165) is 10.8 Å². The number of ether oxygens (including phenoxy) is 1. The number of H-pyrrole nitrogens is 1. The second-order valence-electron chi connectivity index (χ2n) is 7.01. The van der Waals surface area contributed by atoms with Crippen molar-refractivity contribution in [1.82, 2.24) is 28.8 Å². The minimum Gasteiger partial charge on any atom is -0.388 e. The van der Waals surface area contributed by atoms with E-state index in [4.69, 9.17) is 15.0 Å². The molecular formula is C16H22N7O6P. The van der Waals surface area contributed by atoms with Crippen LogP contribution in [0.25, 0.3) is 11.2 Å². The van der Waals surface area contributed by atoms with Gasteiger partial charge < -0.3 is 20.5 Å². The number of nitrogens with one attached hydrogen (secondary N) is 1. The molecule has 3 aromatic heterocycles. The van der Waals surface area contributed by atoms with Gasteiger partial charge in [-0.1, -0.05) is 13.3 Å². The van der Waals surface area contributed by atoms with Gasteiger partial charge in [0.15, 0.2) is 17.4 Å². The summed E-state index contributed by atoms with van der Waals surface area (Å²) >= 11 is 0. The smallest absolute Gasteiger partial charge is 0.388 e. The van der Waals surface area contributed by atoms with Crippen LogP contribution >= 0.6 is 7.75 Å². The van der Waals surface area contributed by atoms with Crippen LogP contribution < -0.4 is 11.3 Å². The van der Waals surface area contributed by atoms with Crippen molar-refractivity contribution in [2.75, 3.05) is 12.3 Å². The fourth-order valence-electron chi connectivity index (χ4n) is 3.64. The Morgan fingerprint density at radius 2 is 2.23 bits per heavy atom. The maximum atomic E-state index is 12.4. The third-order valence-electron chi connectivity index (χ3n) is 5.06. The number of aliphatic hydroxyl groups is 1. The highest BCUT2D eigenvalue weighted by molar-refractivity contribution is 7.51. The number of anilines is 1. The van der Waals surface area contributed by atoms with Crippen LogP contribution in [0.2, 0.25) is 0 Å². The summed E-state index contributed by atoms with van der Waals surface area (Å²) in [6.07, 6.45) is 3.98. The summed E-state index contributed by atoms with van der Waals surface area (Å²) in [6, 6.07) is 0. The summed E-state index contributed by atoms with van der Waals surface area (Å²) in [4.78, 5) is 36.4. The van der Waals surface area contributed by atoms with E-state index < -0.39 is 31.7 Å². The fraction of sp³-hybridized carbons (Fsp3) is 0.500. The standard InChI is InChI=1S/C16H22N7O6P/c1-2-3-9-10(6-28-30(26,27)22-5-4-18-7-22)29-15(12(9)24)23-8-19-11-13(23)20-16(17)21-14(11)25/h4-5,7-10,12,15,24H,2-3,6H2,1H3,(H,26,27)(H3,17,20,21,25)/t9-,10-,12-,15-/m1/s1. The van der Waals surface area contributed by atoms with E-state index in [2.05, 4.69) is 19.9 Å². The van der Waals surface area contributed by atoms with E-state index in [1.54, 1.807) is 0 Å². The molecule has 3 aromatic rings. The lowest BCUT2D eigenvalue weighted by atomic mass is 9.93. The summed E-state index contributed by atoms with van der Waals surface area (Å²) < 4.78 is 26.1. The van der Waals surface area contributed by atoms with Crippen LogP contribution in [0.4, 0.5) is 5.95 Å². The van der Waals surface area contributed by atoms with E-state index in [-0.39, 0.29) is 29.6 Å². The molecule has 4 heterocycles. The van der Waals surface area contributed by atoms with Gasteiger partial charge in [-0.05, 0) is 6.42 Å². The maximum absolute atomic E-state index is 12.4. The first-order valence-electron chi connectivity index (χ1n) is 9.33. The molecule has 5 atom stereocenters. The molecule has 14 heteroatoms. The van der Waals surface area contributed by atoms with E-state index >= 15 is 0 Å². The minimum atomic E-state index is -4.15. The number of rotatable bonds is 7. The van der Waals surface area contributed by atoms with Crippen molar-refractivity contribution < 1.29 is 23.8 Å².